The maximum absolute atomic E-state index is 5.55. The molecule has 1 aromatic rings. The van der Waals surface area contributed by atoms with Crippen LogP contribution in [0.2, 0.25) is 0 Å². The third kappa shape index (κ3) is 6.78. The van der Waals surface area contributed by atoms with Crippen molar-refractivity contribution in [1.29, 1.82) is 0 Å². The molecule has 28 heavy (non-hydrogen) atoms. The van der Waals surface area contributed by atoms with E-state index in [4.69, 9.17) is 9.73 Å². The van der Waals surface area contributed by atoms with E-state index in [1.54, 1.807) is 0 Å². The van der Waals surface area contributed by atoms with Crippen LogP contribution >= 0.6 is 0 Å². The average Bonchev–Trinajstić information content (AvgIpc) is 3.49. The number of likely N-dealkylation sites (tertiary alicyclic amines) is 1. The van der Waals surface area contributed by atoms with Crippen LogP contribution in [0.25, 0.3) is 0 Å². The standard InChI is InChI=1S/C23H38N4O/c1-3-24-22(25-19-23(12-13-23)14-17-28-4-2)26-21-10-15-27(16-11-21)18-20-8-6-5-7-9-20/h5-9,21H,3-4,10-19H2,1-2H3,(H2,24,25,26). The Morgan fingerprint density at radius 1 is 1.18 bits per heavy atom. The van der Waals surface area contributed by atoms with E-state index < -0.39 is 0 Å². The number of benzene rings is 1. The minimum absolute atomic E-state index is 0.399. The first kappa shape index (κ1) is 21.1. The second kappa shape index (κ2) is 10.8. The Bertz CT molecular complexity index is 592. The third-order valence-corrected chi connectivity index (χ3v) is 6.03. The molecule has 156 valence electrons. The molecule has 5 nitrogen and oxygen atoms in total. The minimum atomic E-state index is 0.399. The first-order valence-electron chi connectivity index (χ1n) is 11.1. The molecule has 1 heterocycles. The number of rotatable bonds is 10. The summed E-state index contributed by atoms with van der Waals surface area (Å²) in [6.07, 6.45) is 6.07. The van der Waals surface area contributed by atoms with Crippen LogP contribution in [0.4, 0.5) is 0 Å². The Hall–Kier alpha value is -1.59. The van der Waals surface area contributed by atoms with Crippen molar-refractivity contribution < 1.29 is 4.74 Å². The first-order chi connectivity index (χ1) is 13.7. The Balaban J connectivity index is 1.43. The van der Waals surface area contributed by atoms with Gasteiger partial charge in [0, 0.05) is 52.0 Å². The lowest BCUT2D eigenvalue weighted by molar-refractivity contribution is 0.129. The highest BCUT2D eigenvalue weighted by Gasteiger charge is 2.42. The second-order valence-electron chi connectivity index (χ2n) is 8.32. The van der Waals surface area contributed by atoms with Gasteiger partial charge >= 0.3 is 0 Å². The zero-order chi connectivity index (χ0) is 19.7. The highest BCUT2D eigenvalue weighted by atomic mass is 16.5. The SMILES string of the molecule is CCNC(=NCC1(CCOCC)CC1)NC1CCN(Cc2ccccc2)CC1. The number of piperidine rings is 1. The molecule has 0 spiro atoms. The van der Waals surface area contributed by atoms with Crippen molar-refractivity contribution in [2.75, 3.05) is 39.4 Å². The Labute approximate surface area is 170 Å². The van der Waals surface area contributed by atoms with E-state index in [1.807, 2.05) is 0 Å². The van der Waals surface area contributed by atoms with Gasteiger partial charge in [0.25, 0.3) is 0 Å². The van der Waals surface area contributed by atoms with E-state index >= 15 is 0 Å². The molecule has 0 unspecified atom stereocenters. The predicted octanol–water partition coefficient (Wildman–Crippen LogP) is 3.41. The summed E-state index contributed by atoms with van der Waals surface area (Å²) >= 11 is 0. The van der Waals surface area contributed by atoms with Gasteiger partial charge in [0.15, 0.2) is 5.96 Å². The molecule has 0 aromatic heterocycles. The minimum Gasteiger partial charge on any atom is -0.382 e. The molecule has 1 saturated carbocycles. The molecule has 2 aliphatic rings. The molecule has 2 fully saturated rings. The number of aliphatic imine (C=N–C) groups is 1. The summed E-state index contributed by atoms with van der Waals surface area (Å²) in [4.78, 5) is 7.49. The summed E-state index contributed by atoms with van der Waals surface area (Å²) in [5, 5.41) is 7.13. The first-order valence-corrected chi connectivity index (χ1v) is 11.1. The van der Waals surface area contributed by atoms with Crippen LogP contribution in [0.5, 0.6) is 0 Å². The molecular weight excluding hydrogens is 348 g/mol. The molecule has 1 aromatic carbocycles. The lowest BCUT2D eigenvalue weighted by atomic mass is 10.0. The summed E-state index contributed by atoms with van der Waals surface area (Å²) < 4.78 is 5.55. The molecular formula is C23H38N4O. The van der Waals surface area contributed by atoms with Gasteiger partial charge in [-0.25, -0.2) is 0 Å². The maximum atomic E-state index is 5.55. The van der Waals surface area contributed by atoms with Crippen molar-refractivity contribution in [3.63, 3.8) is 0 Å². The highest BCUT2D eigenvalue weighted by molar-refractivity contribution is 5.80. The van der Waals surface area contributed by atoms with Gasteiger partial charge in [0.2, 0.25) is 0 Å². The number of guanidine groups is 1. The van der Waals surface area contributed by atoms with Crippen LogP contribution in [0, 0.1) is 5.41 Å². The summed E-state index contributed by atoms with van der Waals surface area (Å²) in [6, 6.07) is 11.3. The lowest BCUT2D eigenvalue weighted by Gasteiger charge is -2.33. The summed E-state index contributed by atoms with van der Waals surface area (Å²) in [5.74, 6) is 0.992. The van der Waals surface area contributed by atoms with Crippen molar-refractivity contribution in [1.82, 2.24) is 15.5 Å². The maximum Gasteiger partial charge on any atom is 0.191 e. The van der Waals surface area contributed by atoms with Crippen LogP contribution in [-0.2, 0) is 11.3 Å². The summed E-state index contributed by atoms with van der Waals surface area (Å²) in [6.45, 7) is 11.1. The number of ether oxygens (including phenoxy) is 1. The molecule has 1 saturated heterocycles. The van der Waals surface area contributed by atoms with Crippen molar-refractivity contribution in [2.45, 2.75) is 58.5 Å². The monoisotopic (exact) mass is 386 g/mol. The van der Waals surface area contributed by atoms with E-state index in [0.717, 1.165) is 58.3 Å². The van der Waals surface area contributed by atoms with Crippen LogP contribution in [0.1, 0.15) is 51.5 Å². The van der Waals surface area contributed by atoms with Gasteiger partial charge in [0.1, 0.15) is 0 Å². The fourth-order valence-corrected chi connectivity index (χ4v) is 3.93. The molecule has 1 aliphatic carbocycles. The molecule has 0 radical (unpaired) electrons. The van der Waals surface area contributed by atoms with Crippen molar-refractivity contribution in [3.8, 4) is 0 Å². The van der Waals surface area contributed by atoms with Gasteiger partial charge in [-0.3, -0.25) is 9.89 Å². The van der Waals surface area contributed by atoms with Crippen molar-refractivity contribution in [2.24, 2.45) is 10.4 Å². The molecule has 0 bridgehead atoms. The molecule has 2 N–H and O–H groups in total. The van der Waals surface area contributed by atoms with Crippen molar-refractivity contribution in [3.05, 3.63) is 35.9 Å². The van der Waals surface area contributed by atoms with Crippen LogP contribution in [-0.4, -0.2) is 56.3 Å². The second-order valence-corrected chi connectivity index (χ2v) is 8.32. The Kier molecular flexibility index (Phi) is 8.16. The normalized spacial score (nSPS) is 20.1. The summed E-state index contributed by atoms with van der Waals surface area (Å²) in [5.41, 5.74) is 1.81. The zero-order valence-electron chi connectivity index (χ0n) is 17.8. The highest BCUT2D eigenvalue weighted by Crippen LogP contribution is 2.49. The topological polar surface area (TPSA) is 48.9 Å². The van der Waals surface area contributed by atoms with Gasteiger partial charge in [-0.2, -0.15) is 0 Å². The van der Waals surface area contributed by atoms with Gasteiger partial charge in [-0.1, -0.05) is 30.3 Å². The van der Waals surface area contributed by atoms with Crippen LogP contribution in [0.15, 0.2) is 35.3 Å². The fraction of sp³-hybridized carbons (Fsp3) is 0.696. The van der Waals surface area contributed by atoms with E-state index in [1.165, 1.54) is 31.2 Å². The van der Waals surface area contributed by atoms with Gasteiger partial charge in [-0.15, -0.1) is 0 Å². The smallest absolute Gasteiger partial charge is 0.191 e. The van der Waals surface area contributed by atoms with Crippen LogP contribution < -0.4 is 10.6 Å². The lowest BCUT2D eigenvalue weighted by Crippen LogP contribution is -2.48. The van der Waals surface area contributed by atoms with Crippen LogP contribution in [0.3, 0.4) is 0 Å². The number of hydrogen-bond acceptors (Lipinski definition) is 3. The quantitative estimate of drug-likeness (QED) is 0.368. The molecule has 3 rings (SSSR count). The molecule has 1 aliphatic heterocycles. The Morgan fingerprint density at radius 2 is 1.93 bits per heavy atom. The van der Waals surface area contributed by atoms with E-state index in [0.29, 0.717) is 11.5 Å². The predicted molar refractivity (Wildman–Crippen MR) is 117 cm³/mol. The van der Waals surface area contributed by atoms with E-state index in [2.05, 4.69) is 59.7 Å². The molecule has 0 amide bonds. The largest absolute Gasteiger partial charge is 0.382 e. The van der Waals surface area contributed by atoms with E-state index in [9.17, 15) is 0 Å². The van der Waals surface area contributed by atoms with Gasteiger partial charge in [-0.05, 0) is 56.9 Å². The molecule has 0 atom stereocenters. The fourth-order valence-electron chi connectivity index (χ4n) is 3.93. The van der Waals surface area contributed by atoms with E-state index in [-0.39, 0.29) is 0 Å². The third-order valence-electron chi connectivity index (χ3n) is 6.03. The van der Waals surface area contributed by atoms with Crippen molar-refractivity contribution >= 4 is 5.96 Å². The number of hydrogen-bond donors (Lipinski definition) is 2. The summed E-state index contributed by atoms with van der Waals surface area (Å²) in [7, 11) is 0. The molecule has 5 heteroatoms. The van der Waals surface area contributed by atoms with Gasteiger partial charge < -0.3 is 15.4 Å². The number of nitrogens with zero attached hydrogens (tertiary/aromatic N) is 2. The van der Waals surface area contributed by atoms with Gasteiger partial charge in [0.05, 0.1) is 0 Å². The average molecular weight is 387 g/mol. The zero-order valence-corrected chi connectivity index (χ0v) is 17.8. The number of nitrogens with one attached hydrogen (secondary N) is 2. The Morgan fingerprint density at radius 3 is 2.57 bits per heavy atom.